The molecule has 0 amide bonds. The first-order valence-corrected chi connectivity index (χ1v) is 8.95. The highest BCUT2D eigenvalue weighted by Gasteiger charge is 2.35. The number of rotatable bonds is 3. The van der Waals surface area contributed by atoms with Gasteiger partial charge in [0.15, 0.2) is 5.65 Å². The number of alkyl halides is 3. The van der Waals surface area contributed by atoms with Gasteiger partial charge in [-0.3, -0.25) is 4.68 Å². The van der Waals surface area contributed by atoms with Gasteiger partial charge in [-0.2, -0.15) is 18.3 Å². The van der Waals surface area contributed by atoms with Crippen LogP contribution in [0.2, 0.25) is 0 Å². The summed E-state index contributed by atoms with van der Waals surface area (Å²) in [5.41, 5.74) is 0.0992. The zero-order valence-electron chi connectivity index (χ0n) is 14.9. The van der Waals surface area contributed by atoms with E-state index >= 15 is 0 Å². The van der Waals surface area contributed by atoms with Crippen LogP contribution in [0.4, 0.5) is 13.2 Å². The van der Waals surface area contributed by atoms with Crippen molar-refractivity contribution in [2.24, 2.45) is 7.05 Å². The Morgan fingerprint density at radius 1 is 1.32 bits per heavy atom. The number of halogens is 3. The number of nitrogens with zero attached hydrogens (tertiary/aromatic N) is 6. The van der Waals surface area contributed by atoms with Crippen molar-refractivity contribution < 1.29 is 22.7 Å². The van der Waals surface area contributed by atoms with Crippen molar-refractivity contribution in [2.75, 3.05) is 6.61 Å². The molecule has 0 spiro atoms. The Hall–Kier alpha value is -3.02. The van der Waals surface area contributed by atoms with E-state index in [1.807, 2.05) is 0 Å². The van der Waals surface area contributed by atoms with Crippen LogP contribution in [0.25, 0.3) is 27.4 Å². The fourth-order valence-corrected chi connectivity index (χ4v) is 3.91. The SMILES string of the molecule is CCOC(=O)c1sc2ncn3nc(-c4cc(C(F)(F)F)n(C)n4)nc3c2c1C. The van der Waals surface area contributed by atoms with Crippen LogP contribution in [0.5, 0.6) is 0 Å². The Bertz CT molecular complexity index is 1220. The molecule has 4 rings (SSSR count). The highest BCUT2D eigenvalue weighted by molar-refractivity contribution is 7.20. The monoisotopic (exact) mass is 410 g/mol. The van der Waals surface area contributed by atoms with Crippen LogP contribution in [-0.2, 0) is 18.0 Å². The number of hydrogen-bond acceptors (Lipinski definition) is 7. The first-order chi connectivity index (χ1) is 13.2. The van der Waals surface area contributed by atoms with Crippen molar-refractivity contribution in [3.05, 3.63) is 28.5 Å². The molecule has 0 radical (unpaired) electrons. The number of aromatic nitrogens is 6. The molecule has 4 aromatic rings. The summed E-state index contributed by atoms with van der Waals surface area (Å²) in [4.78, 5) is 21.7. The molecule has 0 aliphatic rings. The van der Waals surface area contributed by atoms with Gasteiger partial charge >= 0.3 is 12.1 Å². The van der Waals surface area contributed by atoms with Crippen molar-refractivity contribution in [1.29, 1.82) is 0 Å². The Kier molecular flexibility index (Phi) is 4.10. The van der Waals surface area contributed by atoms with Crippen molar-refractivity contribution >= 4 is 33.2 Å². The van der Waals surface area contributed by atoms with E-state index in [4.69, 9.17) is 4.74 Å². The Morgan fingerprint density at radius 2 is 2.07 bits per heavy atom. The van der Waals surface area contributed by atoms with Gasteiger partial charge in [0.25, 0.3) is 0 Å². The van der Waals surface area contributed by atoms with Crippen LogP contribution in [-0.4, -0.2) is 41.9 Å². The lowest BCUT2D eigenvalue weighted by atomic mass is 10.2. The molecular weight excluding hydrogens is 397 g/mol. The predicted octanol–water partition coefficient (Wildman–Crippen LogP) is 3.24. The third-order valence-electron chi connectivity index (χ3n) is 4.13. The molecule has 0 unspecified atom stereocenters. The normalized spacial score (nSPS) is 12.2. The maximum atomic E-state index is 13.0. The molecule has 4 aromatic heterocycles. The first kappa shape index (κ1) is 18.3. The zero-order chi connectivity index (χ0) is 20.2. The molecule has 8 nitrogen and oxygen atoms in total. The molecule has 146 valence electrons. The lowest BCUT2D eigenvalue weighted by Crippen LogP contribution is -2.11. The number of carbonyl (C=O) groups excluding carboxylic acids is 1. The Morgan fingerprint density at radius 3 is 2.71 bits per heavy atom. The minimum Gasteiger partial charge on any atom is -0.462 e. The van der Waals surface area contributed by atoms with E-state index in [0.717, 1.165) is 10.7 Å². The number of aryl methyl sites for hydroxylation is 2. The third-order valence-corrected chi connectivity index (χ3v) is 5.31. The second-order valence-corrected chi connectivity index (χ2v) is 6.94. The second-order valence-electron chi connectivity index (χ2n) is 5.94. The molecule has 12 heteroatoms. The molecule has 0 N–H and O–H groups in total. The molecule has 4 heterocycles. The van der Waals surface area contributed by atoms with Gasteiger partial charge in [0, 0.05) is 7.05 Å². The van der Waals surface area contributed by atoms with Gasteiger partial charge in [0.1, 0.15) is 27.4 Å². The number of hydrogen-bond donors (Lipinski definition) is 0. The highest BCUT2D eigenvalue weighted by atomic mass is 32.1. The number of esters is 1. The third kappa shape index (κ3) is 2.80. The smallest absolute Gasteiger partial charge is 0.433 e. The Labute approximate surface area is 159 Å². The summed E-state index contributed by atoms with van der Waals surface area (Å²) in [6.45, 7) is 3.69. The maximum Gasteiger partial charge on any atom is 0.433 e. The van der Waals surface area contributed by atoms with E-state index in [0.29, 0.717) is 26.3 Å². The number of carbonyl (C=O) groups is 1. The van der Waals surface area contributed by atoms with Crippen LogP contribution >= 0.6 is 11.3 Å². The minimum atomic E-state index is -4.54. The quantitative estimate of drug-likeness (QED) is 0.482. The van der Waals surface area contributed by atoms with Gasteiger partial charge in [0.05, 0.1) is 12.0 Å². The summed E-state index contributed by atoms with van der Waals surface area (Å²) in [6.07, 6.45) is -3.14. The zero-order valence-corrected chi connectivity index (χ0v) is 15.7. The predicted molar refractivity (Wildman–Crippen MR) is 94.1 cm³/mol. The summed E-state index contributed by atoms with van der Waals surface area (Å²) in [6, 6.07) is 0.893. The van der Waals surface area contributed by atoms with E-state index in [-0.39, 0.29) is 18.1 Å². The summed E-state index contributed by atoms with van der Waals surface area (Å²) in [5.74, 6) is -0.427. The second kappa shape index (κ2) is 6.26. The fraction of sp³-hybridized carbons (Fsp3) is 0.312. The number of thiophene rings is 1. The maximum absolute atomic E-state index is 13.0. The van der Waals surface area contributed by atoms with Gasteiger partial charge in [-0.15, -0.1) is 16.4 Å². The molecule has 0 aliphatic heterocycles. The van der Waals surface area contributed by atoms with E-state index < -0.39 is 17.8 Å². The summed E-state index contributed by atoms with van der Waals surface area (Å²) >= 11 is 1.17. The van der Waals surface area contributed by atoms with Crippen LogP contribution in [0, 0.1) is 6.92 Å². The molecule has 0 aliphatic carbocycles. The van der Waals surface area contributed by atoms with Crippen molar-refractivity contribution in [3.8, 4) is 11.5 Å². The topological polar surface area (TPSA) is 87.2 Å². The fourth-order valence-electron chi connectivity index (χ4n) is 2.88. The summed E-state index contributed by atoms with van der Waals surface area (Å²) in [7, 11) is 1.20. The van der Waals surface area contributed by atoms with Gasteiger partial charge in [0.2, 0.25) is 5.82 Å². The van der Waals surface area contributed by atoms with Gasteiger partial charge < -0.3 is 4.74 Å². The van der Waals surface area contributed by atoms with Crippen molar-refractivity contribution in [3.63, 3.8) is 0 Å². The average molecular weight is 410 g/mol. The summed E-state index contributed by atoms with van der Waals surface area (Å²) < 4.78 is 46.2. The van der Waals surface area contributed by atoms with Crippen molar-refractivity contribution in [2.45, 2.75) is 20.0 Å². The van der Waals surface area contributed by atoms with Crippen LogP contribution in [0.15, 0.2) is 12.4 Å². The summed E-state index contributed by atoms with van der Waals surface area (Å²) in [5, 5.41) is 8.66. The van der Waals surface area contributed by atoms with E-state index in [9.17, 15) is 18.0 Å². The van der Waals surface area contributed by atoms with Crippen LogP contribution in [0.3, 0.4) is 0 Å². The van der Waals surface area contributed by atoms with Gasteiger partial charge in [-0.1, -0.05) is 0 Å². The minimum absolute atomic E-state index is 0.00910. The molecule has 0 aromatic carbocycles. The number of fused-ring (bicyclic) bond motifs is 3. The average Bonchev–Trinajstić information content (AvgIpc) is 3.29. The molecule has 0 bridgehead atoms. The van der Waals surface area contributed by atoms with E-state index in [1.165, 1.54) is 29.2 Å². The molecule has 0 saturated carbocycles. The van der Waals surface area contributed by atoms with E-state index in [1.54, 1.807) is 13.8 Å². The van der Waals surface area contributed by atoms with Crippen LogP contribution < -0.4 is 0 Å². The van der Waals surface area contributed by atoms with Gasteiger partial charge in [-0.05, 0) is 25.5 Å². The number of ether oxygens (including phenoxy) is 1. The highest BCUT2D eigenvalue weighted by Crippen LogP contribution is 2.34. The first-order valence-electron chi connectivity index (χ1n) is 8.14. The molecule has 0 saturated heterocycles. The van der Waals surface area contributed by atoms with Gasteiger partial charge in [-0.25, -0.2) is 19.3 Å². The molecule has 0 fully saturated rings. The standard InChI is InChI=1S/C16H13F3N6O2S/c1-4-27-15(26)11-7(2)10-13-21-12(23-25(13)6-20-14(10)28-11)8-5-9(16(17,18)19)24(3)22-8/h5-6H,4H2,1-3H3. The van der Waals surface area contributed by atoms with E-state index in [2.05, 4.69) is 20.2 Å². The lowest BCUT2D eigenvalue weighted by molar-refractivity contribution is -0.143. The van der Waals surface area contributed by atoms with Crippen LogP contribution in [0.1, 0.15) is 27.9 Å². The largest absolute Gasteiger partial charge is 0.462 e. The lowest BCUT2D eigenvalue weighted by Gasteiger charge is -2.04. The molecular formula is C16H13F3N6O2S. The molecule has 28 heavy (non-hydrogen) atoms. The Balaban J connectivity index is 1.88. The molecule has 0 atom stereocenters. The van der Waals surface area contributed by atoms with Crippen molar-refractivity contribution in [1.82, 2.24) is 29.4 Å².